The Balaban J connectivity index is 1.59. The second kappa shape index (κ2) is 8.79. The van der Waals surface area contributed by atoms with Crippen LogP contribution in [0.15, 0.2) is 65.6 Å². The maximum absolute atomic E-state index is 14.6. The van der Waals surface area contributed by atoms with Crippen molar-refractivity contribution in [2.75, 3.05) is 11.1 Å². The van der Waals surface area contributed by atoms with E-state index in [1.54, 1.807) is 42.9 Å². The number of para-hydroxylation sites is 1. The Hall–Kier alpha value is -4.11. The SMILES string of the molecule is Cc1c(C(=O)Nc2ccc(Oc3ccnc(N)c3Cl)c(F)c2)c(=O)n(-c2ccccc2)n1C. The predicted molar refractivity (Wildman–Crippen MR) is 124 cm³/mol. The number of carbonyl (C=O) groups is 1. The van der Waals surface area contributed by atoms with Crippen molar-refractivity contribution in [3.8, 4) is 17.2 Å². The zero-order chi connectivity index (χ0) is 23.7. The Morgan fingerprint density at radius 2 is 1.88 bits per heavy atom. The van der Waals surface area contributed by atoms with Gasteiger partial charge in [-0.15, -0.1) is 0 Å². The monoisotopic (exact) mass is 467 g/mol. The van der Waals surface area contributed by atoms with E-state index in [2.05, 4.69) is 10.3 Å². The van der Waals surface area contributed by atoms with Crippen LogP contribution in [0.5, 0.6) is 11.5 Å². The molecule has 1 amide bonds. The van der Waals surface area contributed by atoms with E-state index in [1.807, 2.05) is 6.07 Å². The standard InChI is InChI=1S/C23H19ClFN5O3/c1-13-19(23(32)30(29(13)2)15-6-4-3-5-7-15)22(31)28-14-8-9-17(16(25)12-14)33-18-10-11-27-21(26)20(18)24/h3-12H,1-2H3,(H2,26,27)(H,28,31). The first-order valence-corrected chi connectivity index (χ1v) is 10.2. The topological polar surface area (TPSA) is 104 Å². The number of aromatic nitrogens is 3. The fraction of sp³-hybridized carbons (Fsp3) is 0.0870. The maximum atomic E-state index is 14.6. The molecule has 0 saturated carbocycles. The van der Waals surface area contributed by atoms with Crippen molar-refractivity contribution in [3.63, 3.8) is 0 Å². The van der Waals surface area contributed by atoms with Crippen LogP contribution >= 0.6 is 11.6 Å². The summed E-state index contributed by atoms with van der Waals surface area (Å²) in [6.07, 6.45) is 1.38. The minimum absolute atomic E-state index is 0.0406. The fourth-order valence-corrected chi connectivity index (χ4v) is 3.47. The molecule has 4 aromatic rings. The number of rotatable bonds is 5. The molecule has 168 valence electrons. The third-order valence-electron chi connectivity index (χ3n) is 5.07. The van der Waals surface area contributed by atoms with Crippen molar-refractivity contribution in [2.45, 2.75) is 6.92 Å². The number of halogens is 2. The molecule has 2 aromatic heterocycles. The van der Waals surface area contributed by atoms with Crippen LogP contribution in [0.4, 0.5) is 15.9 Å². The summed E-state index contributed by atoms with van der Waals surface area (Å²) < 4.78 is 23.1. The average Bonchev–Trinajstić information content (AvgIpc) is 3.02. The van der Waals surface area contributed by atoms with Gasteiger partial charge in [0.2, 0.25) is 0 Å². The number of amides is 1. The molecule has 0 aliphatic carbocycles. The first kappa shape index (κ1) is 22.1. The molecule has 4 rings (SSSR count). The van der Waals surface area contributed by atoms with Crippen LogP contribution in [0.1, 0.15) is 16.1 Å². The highest BCUT2D eigenvalue weighted by molar-refractivity contribution is 6.34. The molecule has 0 fully saturated rings. The largest absolute Gasteiger partial charge is 0.453 e. The summed E-state index contributed by atoms with van der Waals surface area (Å²) in [5, 5.41) is 2.63. The van der Waals surface area contributed by atoms with Crippen molar-refractivity contribution < 1.29 is 13.9 Å². The molecule has 0 saturated heterocycles. The number of anilines is 2. The number of nitrogen functional groups attached to an aromatic ring is 1. The van der Waals surface area contributed by atoms with E-state index in [0.29, 0.717) is 11.4 Å². The maximum Gasteiger partial charge on any atom is 0.284 e. The van der Waals surface area contributed by atoms with E-state index < -0.39 is 17.3 Å². The zero-order valence-electron chi connectivity index (χ0n) is 17.7. The number of benzene rings is 2. The number of pyridine rings is 1. The third kappa shape index (κ3) is 4.18. The number of carbonyl (C=O) groups excluding carboxylic acids is 1. The molecule has 10 heteroatoms. The summed E-state index contributed by atoms with van der Waals surface area (Å²) in [7, 11) is 1.68. The minimum Gasteiger partial charge on any atom is -0.453 e. The van der Waals surface area contributed by atoms with E-state index >= 15 is 0 Å². The summed E-state index contributed by atoms with van der Waals surface area (Å²) in [4.78, 5) is 29.7. The molecular formula is C23H19ClFN5O3. The van der Waals surface area contributed by atoms with Crippen LogP contribution in [-0.4, -0.2) is 20.3 Å². The normalized spacial score (nSPS) is 10.8. The molecule has 2 heterocycles. The Kier molecular flexibility index (Phi) is 5.89. The van der Waals surface area contributed by atoms with Gasteiger partial charge in [0.05, 0.1) is 11.4 Å². The summed E-state index contributed by atoms with van der Waals surface area (Å²) >= 11 is 6.03. The molecule has 0 spiro atoms. The Morgan fingerprint density at radius 1 is 1.15 bits per heavy atom. The lowest BCUT2D eigenvalue weighted by molar-refractivity contribution is 0.102. The lowest BCUT2D eigenvalue weighted by atomic mass is 10.2. The number of hydrogen-bond acceptors (Lipinski definition) is 5. The second-order valence-electron chi connectivity index (χ2n) is 7.15. The van der Waals surface area contributed by atoms with Gasteiger partial charge in [0, 0.05) is 31.1 Å². The van der Waals surface area contributed by atoms with E-state index in [0.717, 1.165) is 6.07 Å². The van der Waals surface area contributed by atoms with E-state index in [4.69, 9.17) is 22.1 Å². The lowest BCUT2D eigenvalue weighted by Crippen LogP contribution is -2.25. The van der Waals surface area contributed by atoms with Crippen LogP contribution < -0.4 is 21.3 Å². The summed E-state index contributed by atoms with van der Waals surface area (Å²) in [6, 6.07) is 14.3. The molecule has 0 unspecified atom stereocenters. The highest BCUT2D eigenvalue weighted by atomic mass is 35.5. The van der Waals surface area contributed by atoms with Gasteiger partial charge >= 0.3 is 0 Å². The van der Waals surface area contributed by atoms with Crippen molar-refractivity contribution >= 4 is 29.0 Å². The highest BCUT2D eigenvalue weighted by Crippen LogP contribution is 2.34. The number of nitrogens with one attached hydrogen (secondary N) is 1. The molecule has 8 nitrogen and oxygen atoms in total. The quantitative estimate of drug-likeness (QED) is 0.455. The van der Waals surface area contributed by atoms with Gasteiger partial charge < -0.3 is 15.8 Å². The van der Waals surface area contributed by atoms with Crippen molar-refractivity contribution in [1.29, 1.82) is 0 Å². The van der Waals surface area contributed by atoms with Crippen molar-refractivity contribution in [2.24, 2.45) is 7.05 Å². The van der Waals surface area contributed by atoms with E-state index in [1.165, 1.54) is 29.1 Å². The summed E-state index contributed by atoms with van der Waals surface area (Å²) in [5.74, 6) is -1.33. The van der Waals surface area contributed by atoms with Crippen LogP contribution in [0.2, 0.25) is 5.02 Å². The molecule has 0 atom stereocenters. The van der Waals surface area contributed by atoms with Crippen molar-refractivity contribution in [1.82, 2.24) is 14.3 Å². The van der Waals surface area contributed by atoms with Crippen LogP contribution in [-0.2, 0) is 7.05 Å². The van der Waals surface area contributed by atoms with E-state index in [9.17, 15) is 14.0 Å². The van der Waals surface area contributed by atoms with Gasteiger partial charge in [0.15, 0.2) is 17.3 Å². The molecule has 0 aliphatic heterocycles. The summed E-state index contributed by atoms with van der Waals surface area (Å²) in [5.41, 5.74) is 6.34. The van der Waals surface area contributed by atoms with Gasteiger partial charge in [-0.2, -0.15) is 0 Å². The summed E-state index contributed by atoms with van der Waals surface area (Å²) in [6.45, 7) is 1.66. The third-order valence-corrected chi connectivity index (χ3v) is 5.45. The van der Waals surface area contributed by atoms with Crippen LogP contribution in [0.3, 0.4) is 0 Å². The first-order valence-electron chi connectivity index (χ1n) is 9.80. The Bertz CT molecular complexity index is 1420. The Morgan fingerprint density at radius 3 is 2.58 bits per heavy atom. The molecule has 2 aromatic carbocycles. The Labute approximate surface area is 193 Å². The van der Waals surface area contributed by atoms with Gasteiger partial charge in [-0.05, 0) is 31.2 Å². The smallest absolute Gasteiger partial charge is 0.284 e. The molecule has 33 heavy (non-hydrogen) atoms. The van der Waals surface area contributed by atoms with Gasteiger partial charge in [-0.25, -0.2) is 14.1 Å². The number of ether oxygens (including phenoxy) is 1. The van der Waals surface area contributed by atoms with Gasteiger partial charge in [-0.3, -0.25) is 14.3 Å². The zero-order valence-corrected chi connectivity index (χ0v) is 18.4. The number of nitrogens with zero attached hydrogens (tertiary/aromatic N) is 3. The molecule has 0 bridgehead atoms. The van der Waals surface area contributed by atoms with Crippen LogP contribution in [0, 0.1) is 12.7 Å². The highest BCUT2D eigenvalue weighted by Gasteiger charge is 2.22. The van der Waals surface area contributed by atoms with Gasteiger partial charge in [-0.1, -0.05) is 29.8 Å². The predicted octanol–water partition coefficient (Wildman–Crippen LogP) is 4.30. The second-order valence-corrected chi connectivity index (χ2v) is 7.52. The molecule has 0 aliphatic rings. The number of nitrogens with two attached hydrogens (primary N) is 1. The van der Waals surface area contributed by atoms with Crippen molar-refractivity contribution in [3.05, 3.63) is 93.2 Å². The van der Waals surface area contributed by atoms with Gasteiger partial charge in [0.1, 0.15) is 16.4 Å². The first-order chi connectivity index (χ1) is 15.8. The van der Waals surface area contributed by atoms with Crippen LogP contribution in [0.25, 0.3) is 5.69 Å². The number of hydrogen-bond donors (Lipinski definition) is 2. The lowest BCUT2D eigenvalue weighted by Gasteiger charge is -2.11. The average molecular weight is 468 g/mol. The molecular weight excluding hydrogens is 449 g/mol. The fourth-order valence-electron chi connectivity index (χ4n) is 3.32. The molecule has 3 N–H and O–H groups in total. The molecule has 0 radical (unpaired) electrons. The minimum atomic E-state index is -0.745. The van der Waals surface area contributed by atoms with E-state index in [-0.39, 0.29) is 33.6 Å². The van der Waals surface area contributed by atoms with Gasteiger partial charge in [0.25, 0.3) is 11.5 Å².